The summed E-state index contributed by atoms with van der Waals surface area (Å²) in [6, 6.07) is 0. The second kappa shape index (κ2) is 2.31. The number of hydrogen-bond acceptors (Lipinski definition) is 4. The predicted octanol–water partition coefficient (Wildman–Crippen LogP) is 1.63. The van der Waals surface area contributed by atoms with Gasteiger partial charge in [0.1, 0.15) is 0 Å². The van der Waals surface area contributed by atoms with E-state index in [4.69, 9.17) is 5.73 Å². The minimum atomic E-state index is 0.136. The second-order valence-electron chi connectivity index (χ2n) is 5.55. The first-order valence-corrected chi connectivity index (χ1v) is 5.47. The highest BCUT2D eigenvalue weighted by Gasteiger charge is 2.61. The quantitative estimate of drug-likeness (QED) is 0.697. The topological polar surface area (TPSA) is 64.7 Å². The van der Waals surface area contributed by atoms with Gasteiger partial charge in [-0.15, -0.1) is 10.2 Å². The molecule has 1 aromatic rings. The summed E-state index contributed by atoms with van der Waals surface area (Å²) < 4.78 is 0. The number of hydrogen-bond donors (Lipinski definition) is 1. The zero-order valence-electron chi connectivity index (χ0n) is 9.41. The fourth-order valence-electron chi connectivity index (χ4n) is 3.39. The van der Waals surface area contributed by atoms with E-state index in [9.17, 15) is 0 Å². The predicted molar refractivity (Wildman–Crippen MR) is 57.3 cm³/mol. The number of aromatic nitrogens is 3. The zero-order valence-corrected chi connectivity index (χ0v) is 9.41. The van der Waals surface area contributed by atoms with Crippen molar-refractivity contribution >= 4 is 5.95 Å². The Hall–Kier alpha value is -1.19. The van der Waals surface area contributed by atoms with E-state index in [2.05, 4.69) is 36.0 Å². The molecule has 2 aliphatic rings. The van der Waals surface area contributed by atoms with Crippen molar-refractivity contribution in [2.24, 2.45) is 5.41 Å². The van der Waals surface area contributed by atoms with Gasteiger partial charge in [-0.05, 0) is 18.3 Å². The van der Waals surface area contributed by atoms with E-state index in [1.165, 1.54) is 12.8 Å². The highest BCUT2D eigenvalue weighted by atomic mass is 15.2. The Kier molecular flexibility index (Phi) is 1.40. The van der Waals surface area contributed by atoms with Crippen molar-refractivity contribution in [3.05, 3.63) is 11.4 Å². The van der Waals surface area contributed by atoms with Gasteiger partial charge in [-0.2, -0.15) is 0 Å². The van der Waals surface area contributed by atoms with Crippen molar-refractivity contribution in [2.75, 3.05) is 5.73 Å². The van der Waals surface area contributed by atoms with Crippen LogP contribution in [0.15, 0.2) is 0 Å². The summed E-state index contributed by atoms with van der Waals surface area (Å²) in [6.07, 6.45) is 2.40. The molecule has 3 rings (SSSR count). The van der Waals surface area contributed by atoms with Crippen molar-refractivity contribution < 1.29 is 0 Å². The third-order valence-electron chi connectivity index (χ3n) is 4.81. The molecule has 1 aromatic heterocycles. The van der Waals surface area contributed by atoms with E-state index >= 15 is 0 Å². The summed E-state index contributed by atoms with van der Waals surface area (Å²) in [5.41, 5.74) is 8.18. The maximum atomic E-state index is 5.63. The van der Waals surface area contributed by atoms with Crippen molar-refractivity contribution in [3.8, 4) is 0 Å². The van der Waals surface area contributed by atoms with Gasteiger partial charge in [-0.25, -0.2) is 4.98 Å². The smallest absolute Gasteiger partial charge is 0.240 e. The van der Waals surface area contributed by atoms with Gasteiger partial charge < -0.3 is 5.73 Å². The summed E-state index contributed by atoms with van der Waals surface area (Å²) in [4.78, 5) is 4.41. The van der Waals surface area contributed by atoms with E-state index in [0.29, 0.717) is 11.9 Å². The molecule has 0 aliphatic heterocycles. The van der Waals surface area contributed by atoms with E-state index in [1.807, 2.05) is 0 Å². The van der Waals surface area contributed by atoms with Gasteiger partial charge in [0.15, 0.2) is 0 Å². The van der Waals surface area contributed by atoms with Gasteiger partial charge in [0, 0.05) is 11.3 Å². The van der Waals surface area contributed by atoms with Crippen LogP contribution in [0.1, 0.15) is 50.9 Å². The standard InChI is InChI=1S/C11H16N4/c1-10(2)6-4-5-11(10,3)8-7(6)14-15-9(12)13-8/h6H,4-5H2,1-3H3,(H2,12,13,15). The number of nitrogen functional groups attached to an aromatic ring is 1. The number of nitrogens with two attached hydrogens (primary N) is 1. The number of rotatable bonds is 0. The largest absolute Gasteiger partial charge is 0.366 e. The molecule has 0 aromatic carbocycles. The first kappa shape index (κ1) is 9.07. The molecule has 2 unspecified atom stereocenters. The Morgan fingerprint density at radius 1 is 1.27 bits per heavy atom. The minimum absolute atomic E-state index is 0.136. The molecule has 2 bridgehead atoms. The fourth-order valence-corrected chi connectivity index (χ4v) is 3.39. The summed E-state index contributed by atoms with van der Waals surface area (Å²) >= 11 is 0. The molecule has 0 amide bonds. The average molecular weight is 204 g/mol. The monoisotopic (exact) mass is 204 g/mol. The Balaban J connectivity index is 2.29. The molecule has 2 atom stereocenters. The van der Waals surface area contributed by atoms with E-state index < -0.39 is 0 Å². The average Bonchev–Trinajstić information content (AvgIpc) is 2.48. The molecule has 2 aliphatic carbocycles. The van der Waals surface area contributed by atoms with E-state index in [-0.39, 0.29) is 10.8 Å². The van der Waals surface area contributed by atoms with Gasteiger partial charge in [0.2, 0.25) is 5.95 Å². The summed E-state index contributed by atoms with van der Waals surface area (Å²) in [6.45, 7) is 6.90. The normalized spacial score (nSPS) is 35.5. The third-order valence-corrected chi connectivity index (χ3v) is 4.81. The van der Waals surface area contributed by atoms with Crippen LogP contribution in [0.25, 0.3) is 0 Å². The first-order chi connectivity index (χ1) is 6.97. The zero-order chi connectivity index (χ0) is 10.8. The molecule has 80 valence electrons. The van der Waals surface area contributed by atoms with E-state index in [0.717, 1.165) is 11.4 Å². The lowest BCUT2D eigenvalue weighted by atomic mass is 9.70. The highest BCUT2D eigenvalue weighted by molar-refractivity contribution is 5.42. The molecular weight excluding hydrogens is 188 g/mol. The molecule has 4 nitrogen and oxygen atoms in total. The maximum absolute atomic E-state index is 5.63. The molecule has 1 fully saturated rings. The Morgan fingerprint density at radius 2 is 2.00 bits per heavy atom. The first-order valence-electron chi connectivity index (χ1n) is 5.47. The lowest BCUT2D eigenvalue weighted by Gasteiger charge is -2.33. The number of anilines is 1. The van der Waals surface area contributed by atoms with Crippen molar-refractivity contribution in [2.45, 2.75) is 44.9 Å². The Morgan fingerprint density at radius 3 is 2.73 bits per heavy atom. The second-order valence-corrected chi connectivity index (χ2v) is 5.55. The molecule has 0 radical (unpaired) electrons. The highest BCUT2D eigenvalue weighted by Crippen LogP contribution is 2.66. The van der Waals surface area contributed by atoms with Gasteiger partial charge in [0.05, 0.1) is 11.4 Å². The van der Waals surface area contributed by atoms with Crippen molar-refractivity contribution in [1.29, 1.82) is 0 Å². The van der Waals surface area contributed by atoms with E-state index in [1.54, 1.807) is 0 Å². The van der Waals surface area contributed by atoms with Gasteiger partial charge in [0.25, 0.3) is 0 Å². The molecule has 1 heterocycles. The Bertz CT molecular complexity index is 440. The summed E-state index contributed by atoms with van der Waals surface area (Å²) in [7, 11) is 0. The van der Waals surface area contributed by atoms with Crippen molar-refractivity contribution in [3.63, 3.8) is 0 Å². The third kappa shape index (κ3) is 0.817. The van der Waals surface area contributed by atoms with Crippen LogP contribution in [-0.2, 0) is 5.41 Å². The minimum Gasteiger partial charge on any atom is -0.366 e. The molecule has 2 N–H and O–H groups in total. The molecular formula is C11H16N4. The van der Waals surface area contributed by atoms with Crippen LogP contribution in [0.3, 0.4) is 0 Å². The lowest BCUT2D eigenvalue weighted by molar-refractivity contribution is 0.227. The summed E-state index contributed by atoms with van der Waals surface area (Å²) in [5, 5.41) is 8.13. The number of nitrogens with zero attached hydrogens (tertiary/aromatic N) is 3. The maximum Gasteiger partial charge on any atom is 0.240 e. The van der Waals surface area contributed by atoms with Crippen LogP contribution in [0.2, 0.25) is 0 Å². The van der Waals surface area contributed by atoms with Gasteiger partial charge >= 0.3 is 0 Å². The van der Waals surface area contributed by atoms with Crippen LogP contribution >= 0.6 is 0 Å². The summed E-state index contributed by atoms with van der Waals surface area (Å²) in [5.74, 6) is 0.816. The van der Waals surface area contributed by atoms with Gasteiger partial charge in [-0.3, -0.25) is 0 Å². The molecule has 4 heteroatoms. The van der Waals surface area contributed by atoms with Crippen molar-refractivity contribution in [1.82, 2.24) is 15.2 Å². The SMILES string of the molecule is CC12CCC(c3nnc(N)nc31)C2(C)C. The molecule has 15 heavy (non-hydrogen) atoms. The lowest BCUT2D eigenvalue weighted by Crippen LogP contribution is -2.32. The van der Waals surface area contributed by atoms with Crippen LogP contribution in [-0.4, -0.2) is 15.2 Å². The van der Waals surface area contributed by atoms with Crippen LogP contribution in [0, 0.1) is 5.41 Å². The fraction of sp³-hybridized carbons (Fsp3) is 0.727. The Labute approximate surface area is 89.3 Å². The molecule has 0 saturated heterocycles. The molecule has 0 spiro atoms. The van der Waals surface area contributed by atoms with Gasteiger partial charge in [-0.1, -0.05) is 20.8 Å². The number of fused-ring (bicyclic) bond motifs is 5. The van der Waals surface area contributed by atoms with Crippen LogP contribution in [0.4, 0.5) is 5.95 Å². The van der Waals surface area contributed by atoms with Crippen LogP contribution in [0.5, 0.6) is 0 Å². The molecule has 1 saturated carbocycles. The van der Waals surface area contributed by atoms with Crippen LogP contribution < -0.4 is 5.73 Å².